The predicted molar refractivity (Wildman–Crippen MR) is 63.9 cm³/mol. The summed E-state index contributed by atoms with van der Waals surface area (Å²) in [5, 5.41) is 0. The minimum atomic E-state index is -0.297. The van der Waals surface area contributed by atoms with Crippen LogP contribution in [0.1, 0.15) is 52.8 Å². The molecule has 1 aromatic rings. The van der Waals surface area contributed by atoms with E-state index in [-0.39, 0.29) is 17.1 Å². The maximum absolute atomic E-state index is 11.4. The molecule has 0 fully saturated rings. The zero-order valence-corrected chi connectivity index (χ0v) is 10.6. The lowest BCUT2D eigenvalue weighted by Gasteiger charge is -2.24. The number of hydrogen-bond acceptors (Lipinski definition) is 3. The van der Waals surface area contributed by atoms with E-state index >= 15 is 0 Å². The largest absolute Gasteiger partial charge is 0.471 e. The van der Waals surface area contributed by atoms with E-state index in [9.17, 15) is 4.79 Å². The number of aromatic nitrogens is 2. The molecule has 1 N–H and O–H groups in total. The van der Waals surface area contributed by atoms with Crippen LogP contribution < -0.4 is 10.3 Å². The molecule has 0 amide bonds. The Morgan fingerprint density at radius 3 is 2.62 bits per heavy atom. The van der Waals surface area contributed by atoms with Crippen LogP contribution >= 0.6 is 0 Å². The molecule has 0 saturated carbocycles. The molecule has 0 saturated heterocycles. The van der Waals surface area contributed by atoms with Crippen LogP contribution in [0.15, 0.2) is 10.9 Å². The fourth-order valence-corrected chi connectivity index (χ4v) is 1.13. The van der Waals surface area contributed by atoms with Crippen molar-refractivity contribution in [3.8, 4) is 5.88 Å². The van der Waals surface area contributed by atoms with Gasteiger partial charge in [-0.25, -0.2) is 0 Å². The van der Waals surface area contributed by atoms with Gasteiger partial charge in [-0.3, -0.25) is 4.79 Å². The van der Waals surface area contributed by atoms with E-state index in [1.54, 1.807) is 0 Å². The highest BCUT2D eigenvalue weighted by Gasteiger charge is 2.18. The number of hydrogen-bond donors (Lipinski definition) is 1. The molecule has 1 heterocycles. The highest BCUT2D eigenvalue weighted by atomic mass is 16.5. The first kappa shape index (κ1) is 12.7. The summed E-state index contributed by atoms with van der Waals surface area (Å²) in [6.45, 7) is 9.95. The summed E-state index contributed by atoms with van der Waals surface area (Å²) in [6.07, 6.45) is 0.860. The Kier molecular flexibility index (Phi) is 3.73. The summed E-state index contributed by atoms with van der Waals surface area (Å²) < 4.78 is 5.69. The molecule has 4 heteroatoms. The Balaban J connectivity index is 3.02. The first-order chi connectivity index (χ1) is 7.34. The van der Waals surface area contributed by atoms with Gasteiger partial charge in [-0.2, -0.15) is 4.98 Å². The van der Waals surface area contributed by atoms with E-state index < -0.39 is 0 Å². The summed E-state index contributed by atoms with van der Waals surface area (Å²) in [4.78, 5) is 18.4. The molecule has 0 aromatic carbocycles. The monoisotopic (exact) mass is 224 g/mol. The standard InChI is InChI=1S/C12H20N2O2/c1-6-12(4,5)16-10-7-9(15)13-11(14-10)8(2)3/h7-8H,6H2,1-5H3,(H,13,14,15). The van der Waals surface area contributed by atoms with Gasteiger partial charge in [0, 0.05) is 5.92 Å². The zero-order valence-electron chi connectivity index (χ0n) is 10.6. The fraction of sp³-hybridized carbons (Fsp3) is 0.667. The van der Waals surface area contributed by atoms with E-state index in [4.69, 9.17) is 4.74 Å². The van der Waals surface area contributed by atoms with Crippen molar-refractivity contribution in [2.75, 3.05) is 0 Å². The third kappa shape index (κ3) is 3.36. The molecule has 1 rings (SSSR count). The first-order valence-electron chi connectivity index (χ1n) is 5.64. The van der Waals surface area contributed by atoms with Gasteiger partial charge in [0.1, 0.15) is 11.4 Å². The topological polar surface area (TPSA) is 55.0 Å². The van der Waals surface area contributed by atoms with Crippen molar-refractivity contribution < 1.29 is 4.74 Å². The third-order valence-corrected chi connectivity index (χ3v) is 2.52. The van der Waals surface area contributed by atoms with Gasteiger partial charge in [0.25, 0.3) is 5.56 Å². The van der Waals surface area contributed by atoms with Gasteiger partial charge in [0.05, 0.1) is 6.07 Å². The lowest BCUT2D eigenvalue weighted by atomic mass is 10.1. The van der Waals surface area contributed by atoms with Crippen LogP contribution in [0, 0.1) is 0 Å². The minimum absolute atomic E-state index is 0.166. The van der Waals surface area contributed by atoms with Crippen molar-refractivity contribution in [3.63, 3.8) is 0 Å². The molecular formula is C12H20N2O2. The summed E-state index contributed by atoms with van der Waals surface area (Å²) in [5.41, 5.74) is -0.463. The Labute approximate surface area is 96.1 Å². The molecule has 0 aliphatic heterocycles. The number of ether oxygens (including phenoxy) is 1. The summed E-state index contributed by atoms with van der Waals surface area (Å²) in [5.74, 6) is 1.25. The minimum Gasteiger partial charge on any atom is -0.471 e. The molecule has 0 aliphatic rings. The molecule has 0 atom stereocenters. The van der Waals surface area contributed by atoms with Crippen molar-refractivity contribution in [3.05, 3.63) is 22.2 Å². The van der Waals surface area contributed by atoms with Crippen LogP contribution in [0.5, 0.6) is 5.88 Å². The Morgan fingerprint density at radius 1 is 1.50 bits per heavy atom. The van der Waals surface area contributed by atoms with Crippen LogP contribution in [-0.4, -0.2) is 15.6 Å². The molecule has 90 valence electrons. The average Bonchev–Trinajstić information content (AvgIpc) is 2.16. The fourth-order valence-electron chi connectivity index (χ4n) is 1.13. The predicted octanol–water partition coefficient (Wildman–Crippen LogP) is 2.46. The molecule has 0 radical (unpaired) electrons. The van der Waals surface area contributed by atoms with Gasteiger partial charge in [0.2, 0.25) is 5.88 Å². The number of aromatic amines is 1. The molecule has 0 unspecified atom stereocenters. The maximum Gasteiger partial charge on any atom is 0.254 e. The molecule has 1 aromatic heterocycles. The number of nitrogens with one attached hydrogen (secondary N) is 1. The zero-order chi connectivity index (χ0) is 12.3. The Hall–Kier alpha value is -1.32. The van der Waals surface area contributed by atoms with E-state index in [1.165, 1.54) is 6.07 Å². The van der Waals surface area contributed by atoms with E-state index in [0.717, 1.165) is 6.42 Å². The van der Waals surface area contributed by atoms with Crippen molar-refractivity contribution in [2.45, 2.75) is 52.6 Å². The normalized spacial score (nSPS) is 11.9. The van der Waals surface area contributed by atoms with Crippen LogP contribution in [0.3, 0.4) is 0 Å². The highest BCUT2D eigenvalue weighted by molar-refractivity contribution is 5.11. The second-order valence-electron chi connectivity index (χ2n) is 4.84. The second kappa shape index (κ2) is 4.68. The number of H-pyrrole nitrogens is 1. The number of nitrogens with zero attached hydrogens (tertiary/aromatic N) is 1. The van der Waals surface area contributed by atoms with Gasteiger partial charge in [-0.1, -0.05) is 20.8 Å². The molecule has 0 spiro atoms. The van der Waals surface area contributed by atoms with Gasteiger partial charge >= 0.3 is 0 Å². The van der Waals surface area contributed by atoms with Gasteiger partial charge in [0.15, 0.2) is 0 Å². The molecule has 0 bridgehead atoms. The van der Waals surface area contributed by atoms with E-state index in [2.05, 4.69) is 9.97 Å². The maximum atomic E-state index is 11.4. The van der Waals surface area contributed by atoms with E-state index in [1.807, 2.05) is 34.6 Å². The Morgan fingerprint density at radius 2 is 2.12 bits per heavy atom. The lowest BCUT2D eigenvalue weighted by Crippen LogP contribution is -2.28. The van der Waals surface area contributed by atoms with Crippen LogP contribution in [0.4, 0.5) is 0 Å². The smallest absolute Gasteiger partial charge is 0.254 e. The third-order valence-electron chi connectivity index (χ3n) is 2.52. The molecule has 0 aliphatic carbocycles. The van der Waals surface area contributed by atoms with Crippen LogP contribution in [0.25, 0.3) is 0 Å². The molecule has 4 nitrogen and oxygen atoms in total. The Bertz CT molecular complexity index is 408. The van der Waals surface area contributed by atoms with Crippen LogP contribution in [0.2, 0.25) is 0 Å². The number of rotatable bonds is 4. The van der Waals surface area contributed by atoms with Gasteiger partial charge in [-0.05, 0) is 20.3 Å². The average molecular weight is 224 g/mol. The van der Waals surface area contributed by atoms with Crippen LogP contribution in [-0.2, 0) is 0 Å². The van der Waals surface area contributed by atoms with E-state index in [0.29, 0.717) is 11.7 Å². The van der Waals surface area contributed by atoms with Crippen molar-refractivity contribution >= 4 is 0 Å². The summed E-state index contributed by atoms with van der Waals surface area (Å²) in [7, 11) is 0. The van der Waals surface area contributed by atoms with Crippen molar-refractivity contribution in [1.82, 2.24) is 9.97 Å². The quantitative estimate of drug-likeness (QED) is 0.854. The van der Waals surface area contributed by atoms with Crippen molar-refractivity contribution in [1.29, 1.82) is 0 Å². The first-order valence-corrected chi connectivity index (χ1v) is 5.64. The molecule has 16 heavy (non-hydrogen) atoms. The van der Waals surface area contributed by atoms with Gasteiger partial charge in [-0.15, -0.1) is 0 Å². The summed E-state index contributed by atoms with van der Waals surface area (Å²) >= 11 is 0. The SMILES string of the molecule is CCC(C)(C)Oc1cc(=O)[nH]c(C(C)C)n1. The van der Waals surface area contributed by atoms with Crippen molar-refractivity contribution in [2.24, 2.45) is 0 Å². The lowest BCUT2D eigenvalue weighted by molar-refractivity contribution is 0.0982. The highest BCUT2D eigenvalue weighted by Crippen LogP contribution is 2.18. The summed E-state index contributed by atoms with van der Waals surface area (Å²) in [6, 6.07) is 1.39. The second-order valence-corrected chi connectivity index (χ2v) is 4.84. The molecular weight excluding hydrogens is 204 g/mol. The van der Waals surface area contributed by atoms with Gasteiger partial charge < -0.3 is 9.72 Å².